The third-order valence-corrected chi connectivity index (χ3v) is 4.08. The first kappa shape index (κ1) is 18.1. The summed E-state index contributed by atoms with van der Waals surface area (Å²) in [5, 5.41) is 2.85. The highest BCUT2D eigenvalue weighted by molar-refractivity contribution is 5.96. The van der Waals surface area contributed by atoms with Gasteiger partial charge in [0.1, 0.15) is 0 Å². The third-order valence-electron chi connectivity index (χ3n) is 4.08. The minimum absolute atomic E-state index is 0.0237. The number of ketones is 1. The molecule has 1 N–H and O–H groups in total. The SMILES string of the molecule is CC(=O)c1ccc(N(CCC(=O)NCC2CCCO2)C(C)=O)cc1. The van der Waals surface area contributed by atoms with Gasteiger partial charge in [-0.1, -0.05) is 0 Å². The van der Waals surface area contributed by atoms with Crippen molar-refractivity contribution in [2.75, 3.05) is 24.6 Å². The minimum atomic E-state index is -0.141. The summed E-state index contributed by atoms with van der Waals surface area (Å²) < 4.78 is 5.46. The van der Waals surface area contributed by atoms with Crippen molar-refractivity contribution in [2.45, 2.75) is 39.2 Å². The molecule has 6 heteroatoms. The van der Waals surface area contributed by atoms with E-state index >= 15 is 0 Å². The summed E-state index contributed by atoms with van der Waals surface area (Å²) in [5.74, 6) is -0.265. The Balaban J connectivity index is 1.87. The molecule has 1 fully saturated rings. The molecule has 1 aromatic carbocycles. The summed E-state index contributed by atoms with van der Waals surface area (Å²) >= 11 is 0. The Labute approximate surface area is 142 Å². The first-order chi connectivity index (χ1) is 11.5. The zero-order valence-corrected chi connectivity index (χ0v) is 14.2. The zero-order chi connectivity index (χ0) is 17.5. The van der Waals surface area contributed by atoms with Gasteiger partial charge < -0.3 is 15.0 Å². The molecule has 1 heterocycles. The van der Waals surface area contributed by atoms with E-state index in [2.05, 4.69) is 5.32 Å². The Hall–Kier alpha value is -2.21. The van der Waals surface area contributed by atoms with E-state index in [4.69, 9.17) is 4.74 Å². The van der Waals surface area contributed by atoms with Gasteiger partial charge in [-0.05, 0) is 44.0 Å². The summed E-state index contributed by atoms with van der Waals surface area (Å²) in [6.45, 7) is 4.53. The van der Waals surface area contributed by atoms with Gasteiger partial charge in [-0.3, -0.25) is 14.4 Å². The van der Waals surface area contributed by atoms with Crippen LogP contribution in [0, 0.1) is 0 Å². The Morgan fingerprint density at radius 2 is 1.92 bits per heavy atom. The van der Waals surface area contributed by atoms with Crippen LogP contribution in [0.25, 0.3) is 0 Å². The topological polar surface area (TPSA) is 75.7 Å². The quantitative estimate of drug-likeness (QED) is 0.774. The number of anilines is 1. The molecule has 0 aromatic heterocycles. The molecule has 0 saturated carbocycles. The Kier molecular flexibility index (Phi) is 6.49. The fraction of sp³-hybridized carbons (Fsp3) is 0.500. The number of carbonyl (C=O) groups excluding carboxylic acids is 3. The molecule has 0 aliphatic carbocycles. The maximum Gasteiger partial charge on any atom is 0.223 e. The zero-order valence-electron chi connectivity index (χ0n) is 14.2. The van der Waals surface area contributed by atoms with Crippen molar-refractivity contribution >= 4 is 23.3 Å². The second kappa shape index (κ2) is 8.59. The van der Waals surface area contributed by atoms with Crippen LogP contribution in [0.1, 0.15) is 43.5 Å². The fourth-order valence-electron chi connectivity index (χ4n) is 2.68. The molecule has 1 unspecified atom stereocenters. The average Bonchev–Trinajstić information content (AvgIpc) is 3.06. The number of Topliss-reactive ketones (excluding diaryl/α,β-unsaturated/α-hetero) is 1. The lowest BCUT2D eigenvalue weighted by Gasteiger charge is -2.21. The van der Waals surface area contributed by atoms with E-state index in [1.54, 1.807) is 24.3 Å². The van der Waals surface area contributed by atoms with Crippen molar-refractivity contribution in [3.63, 3.8) is 0 Å². The molecular weight excluding hydrogens is 308 g/mol. The fourth-order valence-corrected chi connectivity index (χ4v) is 2.68. The summed E-state index contributed by atoms with van der Waals surface area (Å²) in [4.78, 5) is 36.7. The van der Waals surface area contributed by atoms with Crippen molar-refractivity contribution in [3.8, 4) is 0 Å². The number of ether oxygens (including phenoxy) is 1. The molecule has 1 aromatic rings. The predicted octanol–water partition coefficient (Wildman–Crippen LogP) is 1.93. The van der Waals surface area contributed by atoms with Crippen LogP contribution in [0.5, 0.6) is 0 Å². The molecule has 2 amide bonds. The maximum absolute atomic E-state index is 12.0. The molecule has 6 nitrogen and oxygen atoms in total. The van der Waals surface area contributed by atoms with E-state index in [9.17, 15) is 14.4 Å². The van der Waals surface area contributed by atoms with Crippen molar-refractivity contribution in [1.82, 2.24) is 5.32 Å². The number of hydrogen-bond acceptors (Lipinski definition) is 4. The average molecular weight is 332 g/mol. The Morgan fingerprint density at radius 3 is 2.46 bits per heavy atom. The van der Waals surface area contributed by atoms with Crippen LogP contribution in [0.3, 0.4) is 0 Å². The number of nitrogens with one attached hydrogen (secondary N) is 1. The van der Waals surface area contributed by atoms with Gasteiger partial charge in [0.2, 0.25) is 11.8 Å². The van der Waals surface area contributed by atoms with Gasteiger partial charge >= 0.3 is 0 Å². The van der Waals surface area contributed by atoms with Crippen LogP contribution in [0.4, 0.5) is 5.69 Å². The van der Waals surface area contributed by atoms with Gasteiger partial charge in [-0.25, -0.2) is 0 Å². The lowest BCUT2D eigenvalue weighted by molar-refractivity contribution is -0.121. The van der Waals surface area contributed by atoms with Crippen LogP contribution in [-0.4, -0.2) is 43.4 Å². The number of hydrogen-bond donors (Lipinski definition) is 1. The van der Waals surface area contributed by atoms with E-state index in [0.29, 0.717) is 24.3 Å². The number of carbonyl (C=O) groups is 3. The lowest BCUT2D eigenvalue weighted by Crippen LogP contribution is -2.36. The molecule has 130 valence electrons. The summed E-state index contributed by atoms with van der Waals surface area (Å²) in [6.07, 6.45) is 2.34. The maximum atomic E-state index is 12.0. The Morgan fingerprint density at radius 1 is 1.21 bits per heavy atom. The first-order valence-electron chi connectivity index (χ1n) is 8.25. The summed E-state index contributed by atoms with van der Waals surface area (Å²) in [7, 11) is 0. The van der Waals surface area contributed by atoms with Gasteiger partial charge in [-0.15, -0.1) is 0 Å². The number of nitrogens with zero attached hydrogens (tertiary/aromatic N) is 1. The largest absolute Gasteiger partial charge is 0.376 e. The second-order valence-corrected chi connectivity index (χ2v) is 5.96. The molecule has 24 heavy (non-hydrogen) atoms. The number of rotatable bonds is 7. The van der Waals surface area contributed by atoms with Crippen molar-refractivity contribution in [1.29, 1.82) is 0 Å². The van der Waals surface area contributed by atoms with Gasteiger partial charge in [-0.2, -0.15) is 0 Å². The highest BCUT2D eigenvalue weighted by Gasteiger charge is 2.17. The molecule has 0 radical (unpaired) electrons. The normalized spacial score (nSPS) is 16.7. The predicted molar refractivity (Wildman–Crippen MR) is 91.1 cm³/mol. The van der Waals surface area contributed by atoms with Crippen molar-refractivity contribution in [3.05, 3.63) is 29.8 Å². The van der Waals surface area contributed by atoms with Crippen LogP contribution in [0.15, 0.2) is 24.3 Å². The van der Waals surface area contributed by atoms with E-state index < -0.39 is 0 Å². The van der Waals surface area contributed by atoms with Crippen LogP contribution < -0.4 is 10.2 Å². The van der Waals surface area contributed by atoms with Gasteiger partial charge in [0.25, 0.3) is 0 Å². The molecule has 1 saturated heterocycles. The van der Waals surface area contributed by atoms with Crippen molar-refractivity contribution < 1.29 is 19.1 Å². The number of benzene rings is 1. The molecule has 2 rings (SSSR count). The molecule has 1 atom stereocenters. The van der Waals surface area contributed by atoms with Gasteiger partial charge in [0.05, 0.1) is 6.10 Å². The van der Waals surface area contributed by atoms with E-state index in [1.165, 1.54) is 18.7 Å². The molecule has 0 bridgehead atoms. The van der Waals surface area contributed by atoms with Gasteiger partial charge in [0.15, 0.2) is 5.78 Å². The van der Waals surface area contributed by atoms with Crippen molar-refractivity contribution in [2.24, 2.45) is 0 Å². The van der Waals surface area contributed by atoms with Crippen LogP contribution >= 0.6 is 0 Å². The Bertz CT molecular complexity index is 592. The molecule has 1 aliphatic rings. The van der Waals surface area contributed by atoms with Crippen LogP contribution in [-0.2, 0) is 14.3 Å². The minimum Gasteiger partial charge on any atom is -0.376 e. The van der Waals surface area contributed by atoms with E-state index in [1.807, 2.05) is 0 Å². The monoisotopic (exact) mass is 332 g/mol. The highest BCUT2D eigenvalue weighted by atomic mass is 16.5. The summed E-state index contributed by atoms with van der Waals surface area (Å²) in [6, 6.07) is 6.82. The molecule has 0 spiro atoms. The number of amides is 2. The lowest BCUT2D eigenvalue weighted by atomic mass is 10.1. The van der Waals surface area contributed by atoms with E-state index in [-0.39, 0.29) is 30.1 Å². The smallest absolute Gasteiger partial charge is 0.223 e. The summed E-state index contributed by atoms with van der Waals surface area (Å²) in [5.41, 5.74) is 1.27. The van der Waals surface area contributed by atoms with Gasteiger partial charge in [0, 0.05) is 44.3 Å². The highest BCUT2D eigenvalue weighted by Crippen LogP contribution is 2.16. The van der Waals surface area contributed by atoms with E-state index in [0.717, 1.165) is 19.4 Å². The standard InChI is InChI=1S/C18H24N2O4/c1-13(21)15-5-7-16(8-6-15)20(14(2)22)10-9-18(23)19-12-17-4-3-11-24-17/h5-8,17H,3-4,9-12H2,1-2H3,(H,19,23). The first-order valence-corrected chi connectivity index (χ1v) is 8.25. The van der Waals surface area contributed by atoms with Crippen LogP contribution in [0.2, 0.25) is 0 Å². The molecule has 1 aliphatic heterocycles. The second-order valence-electron chi connectivity index (χ2n) is 5.96. The molecular formula is C18H24N2O4. The third kappa shape index (κ3) is 5.16.